The molecule has 0 aromatic heterocycles. The Hall–Kier alpha value is -1.95. The van der Waals surface area contributed by atoms with Gasteiger partial charge in [-0.2, -0.15) is 0 Å². The van der Waals surface area contributed by atoms with Gasteiger partial charge >= 0.3 is 0 Å². The van der Waals surface area contributed by atoms with Crippen molar-refractivity contribution in [2.24, 2.45) is 0 Å². The van der Waals surface area contributed by atoms with Gasteiger partial charge in [-0.1, -0.05) is 41.7 Å². The molecule has 5 nitrogen and oxygen atoms in total. The molecule has 0 heterocycles. The summed E-state index contributed by atoms with van der Waals surface area (Å²) >= 11 is 18.0. The fraction of sp³-hybridized carbons (Fsp3) is 0.263. The summed E-state index contributed by atoms with van der Waals surface area (Å²) in [6.07, 6.45) is 1.10. The molecule has 27 heavy (non-hydrogen) atoms. The molecule has 2 aromatic rings. The molecule has 0 aliphatic heterocycles. The topological polar surface area (TPSA) is 67.4 Å². The summed E-state index contributed by atoms with van der Waals surface area (Å²) in [6, 6.07) is 9.88. The number of carbonyl (C=O) groups is 2. The van der Waals surface area contributed by atoms with Gasteiger partial charge in [-0.15, -0.1) is 0 Å². The Morgan fingerprint density at radius 1 is 0.963 bits per heavy atom. The fourth-order valence-corrected chi connectivity index (χ4v) is 2.80. The first-order valence-electron chi connectivity index (χ1n) is 8.36. The average molecular weight is 430 g/mol. The van der Waals surface area contributed by atoms with Crippen molar-refractivity contribution in [1.29, 1.82) is 0 Å². The van der Waals surface area contributed by atoms with E-state index < -0.39 is 0 Å². The van der Waals surface area contributed by atoms with Crippen molar-refractivity contribution < 1.29 is 14.3 Å². The quantitative estimate of drug-likeness (QED) is 0.522. The third kappa shape index (κ3) is 6.94. The lowest BCUT2D eigenvalue weighted by molar-refractivity contribution is -0.117. The van der Waals surface area contributed by atoms with Crippen LogP contribution >= 0.6 is 34.8 Å². The molecule has 8 heteroatoms. The predicted octanol–water partition coefficient (Wildman–Crippen LogP) is 5.79. The van der Waals surface area contributed by atoms with Crippen LogP contribution in [0.1, 0.15) is 26.2 Å². The molecule has 2 N–H and O–H groups in total. The zero-order valence-electron chi connectivity index (χ0n) is 14.7. The van der Waals surface area contributed by atoms with Crippen LogP contribution in [-0.2, 0) is 9.59 Å². The van der Waals surface area contributed by atoms with Crippen molar-refractivity contribution in [3.8, 4) is 5.75 Å². The van der Waals surface area contributed by atoms with E-state index in [1.165, 1.54) is 0 Å². The third-order valence-corrected chi connectivity index (χ3v) is 4.41. The molecular weight excluding hydrogens is 411 g/mol. The molecule has 0 radical (unpaired) electrons. The van der Waals surface area contributed by atoms with Crippen molar-refractivity contribution in [1.82, 2.24) is 0 Å². The molecule has 0 saturated heterocycles. The number of hydrogen-bond acceptors (Lipinski definition) is 3. The molecular formula is C19H19Cl3N2O3. The van der Waals surface area contributed by atoms with Crippen molar-refractivity contribution in [3.63, 3.8) is 0 Å². The summed E-state index contributed by atoms with van der Waals surface area (Å²) in [5, 5.41) is 6.80. The van der Waals surface area contributed by atoms with Crippen LogP contribution in [0, 0.1) is 0 Å². The minimum atomic E-state index is -0.207. The van der Waals surface area contributed by atoms with Gasteiger partial charge in [-0.3, -0.25) is 9.59 Å². The minimum absolute atomic E-state index is 0.118. The van der Waals surface area contributed by atoms with Gasteiger partial charge in [0.15, 0.2) is 0 Å². The third-order valence-electron chi connectivity index (χ3n) is 3.54. The molecule has 0 saturated carbocycles. The van der Waals surface area contributed by atoms with Gasteiger partial charge in [0, 0.05) is 23.6 Å². The number of halogens is 3. The molecule has 2 rings (SSSR count). The highest BCUT2D eigenvalue weighted by Gasteiger charge is 2.09. The lowest BCUT2D eigenvalue weighted by Crippen LogP contribution is -2.14. The molecule has 2 aromatic carbocycles. The number of nitrogens with one attached hydrogen (secondary N) is 2. The fourth-order valence-electron chi connectivity index (χ4n) is 2.17. The predicted molar refractivity (Wildman–Crippen MR) is 110 cm³/mol. The van der Waals surface area contributed by atoms with E-state index in [0.29, 0.717) is 51.6 Å². The van der Waals surface area contributed by atoms with Crippen LogP contribution in [-0.4, -0.2) is 18.4 Å². The zero-order chi connectivity index (χ0) is 19.8. The van der Waals surface area contributed by atoms with E-state index in [1.807, 2.05) is 0 Å². The summed E-state index contributed by atoms with van der Waals surface area (Å²) in [5.74, 6) is 0.193. The summed E-state index contributed by atoms with van der Waals surface area (Å²) in [7, 11) is 0. The number of hydrogen-bond donors (Lipinski definition) is 2. The van der Waals surface area contributed by atoms with E-state index in [1.54, 1.807) is 43.3 Å². The lowest BCUT2D eigenvalue weighted by atomic mass is 10.2. The van der Waals surface area contributed by atoms with E-state index in [-0.39, 0.29) is 18.2 Å². The first kappa shape index (κ1) is 21.4. The van der Waals surface area contributed by atoms with E-state index in [2.05, 4.69) is 10.6 Å². The number of ether oxygens (including phenoxy) is 1. The second-order valence-corrected chi connectivity index (χ2v) is 6.92. The van der Waals surface area contributed by atoms with Crippen molar-refractivity contribution >= 4 is 58.0 Å². The molecule has 0 fully saturated rings. The largest absolute Gasteiger partial charge is 0.492 e. The Balaban J connectivity index is 1.83. The standard InChI is InChI=1S/C19H19Cl3N2O3/c1-2-18(25)23-13-6-7-14(21)16(11-13)24-19(26)4-3-9-27-17-8-5-12(20)10-15(17)22/h5-8,10-11H,2-4,9H2,1H3,(H,23,25)(H,24,26). The molecule has 144 valence electrons. The van der Waals surface area contributed by atoms with Crippen LogP contribution in [0.25, 0.3) is 0 Å². The van der Waals surface area contributed by atoms with Gasteiger partial charge in [-0.05, 0) is 42.8 Å². The maximum atomic E-state index is 12.1. The smallest absolute Gasteiger partial charge is 0.224 e. The van der Waals surface area contributed by atoms with Crippen molar-refractivity contribution in [2.75, 3.05) is 17.2 Å². The second kappa shape index (κ2) is 10.4. The van der Waals surface area contributed by atoms with Crippen LogP contribution < -0.4 is 15.4 Å². The maximum absolute atomic E-state index is 12.1. The van der Waals surface area contributed by atoms with Crippen LogP contribution in [0.15, 0.2) is 36.4 Å². The van der Waals surface area contributed by atoms with Gasteiger partial charge in [0.1, 0.15) is 5.75 Å². The molecule has 0 aliphatic rings. The average Bonchev–Trinajstić information content (AvgIpc) is 2.63. The van der Waals surface area contributed by atoms with E-state index in [4.69, 9.17) is 39.5 Å². The van der Waals surface area contributed by atoms with Crippen LogP contribution in [0.5, 0.6) is 5.75 Å². The molecule has 0 aliphatic carbocycles. The van der Waals surface area contributed by atoms with Gasteiger partial charge < -0.3 is 15.4 Å². The summed E-state index contributed by atoms with van der Waals surface area (Å²) in [4.78, 5) is 23.6. The summed E-state index contributed by atoms with van der Waals surface area (Å²) < 4.78 is 5.55. The summed E-state index contributed by atoms with van der Waals surface area (Å²) in [5.41, 5.74) is 1.01. The Kier molecular flexibility index (Phi) is 8.23. The highest BCUT2D eigenvalue weighted by molar-refractivity contribution is 6.35. The Bertz CT molecular complexity index is 828. The van der Waals surface area contributed by atoms with E-state index in [9.17, 15) is 9.59 Å². The van der Waals surface area contributed by atoms with Crippen molar-refractivity contribution in [2.45, 2.75) is 26.2 Å². The molecule has 0 bridgehead atoms. The van der Waals surface area contributed by atoms with Gasteiger partial charge in [0.25, 0.3) is 0 Å². The molecule has 2 amide bonds. The Morgan fingerprint density at radius 3 is 2.44 bits per heavy atom. The molecule has 0 unspecified atom stereocenters. The van der Waals surface area contributed by atoms with Gasteiger partial charge in [0.05, 0.1) is 22.3 Å². The number of benzene rings is 2. The van der Waals surface area contributed by atoms with Crippen molar-refractivity contribution in [3.05, 3.63) is 51.5 Å². The summed E-state index contributed by atoms with van der Waals surface area (Å²) in [6.45, 7) is 2.09. The highest BCUT2D eigenvalue weighted by Crippen LogP contribution is 2.28. The van der Waals surface area contributed by atoms with Crippen LogP contribution in [0.3, 0.4) is 0 Å². The lowest BCUT2D eigenvalue weighted by Gasteiger charge is -2.11. The Labute approximate surface area is 172 Å². The monoisotopic (exact) mass is 428 g/mol. The number of amides is 2. The van der Waals surface area contributed by atoms with E-state index in [0.717, 1.165) is 0 Å². The first-order chi connectivity index (χ1) is 12.9. The van der Waals surface area contributed by atoms with Gasteiger partial charge in [0.2, 0.25) is 11.8 Å². The Morgan fingerprint density at radius 2 is 1.74 bits per heavy atom. The van der Waals surface area contributed by atoms with Gasteiger partial charge in [-0.25, -0.2) is 0 Å². The zero-order valence-corrected chi connectivity index (χ0v) is 16.9. The first-order valence-corrected chi connectivity index (χ1v) is 9.49. The highest BCUT2D eigenvalue weighted by atomic mass is 35.5. The SMILES string of the molecule is CCC(=O)Nc1ccc(Cl)c(NC(=O)CCCOc2ccc(Cl)cc2Cl)c1. The molecule has 0 spiro atoms. The normalized spacial score (nSPS) is 10.4. The molecule has 0 atom stereocenters. The number of rotatable bonds is 8. The van der Waals surface area contributed by atoms with Crippen LogP contribution in [0.2, 0.25) is 15.1 Å². The maximum Gasteiger partial charge on any atom is 0.224 e. The number of anilines is 2. The second-order valence-electron chi connectivity index (χ2n) is 5.67. The minimum Gasteiger partial charge on any atom is -0.492 e. The van der Waals surface area contributed by atoms with Crippen LogP contribution in [0.4, 0.5) is 11.4 Å². The number of carbonyl (C=O) groups excluding carboxylic acids is 2. The van der Waals surface area contributed by atoms with E-state index >= 15 is 0 Å².